The van der Waals surface area contributed by atoms with Gasteiger partial charge in [-0.05, 0) is 45.8 Å². The molecule has 0 aliphatic rings. The average Bonchev–Trinajstić information content (AvgIpc) is 2.40. The molecule has 0 N–H and O–H groups in total. The van der Waals surface area contributed by atoms with Crippen molar-refractivity contribution in [1.82, 2.24) is 0 Å². The van der Waals surface area contributed by atoms with Gasteiger partial charge in [0.15, 0.2) is 0 Å². The first-order chi connectivity index (χ1) is 9.10. The molecule has 0 unspecified atom stereocenters. The van der Waals surface area contributed by atoms with Crippen molar-refractivity contribution in [3.05, 3.63) is 57.3 Å². The van der Waals surface area contributed by atoms with Crippen molar-refractivity contribution in [2.24, 2.45) is 0 Å². The maximum absolute atomic E-state index is 13.2. The van der Waals surface area contributed by atoms with Crippen molar-refractivity contribution in [2.75, 3.05) is 7.11 Å². The molecule has 0 saturated heterocycles. The zero-order valence-corrected chi connectivity index (χ0v) is 12.5. The summed E-state index contributed by atoms with van der Waals surface area (Å²) in [7, 11) is 1.60. The van der Waals surface area contributed by atoms with Crippen LogP contribution in [0.15, 0.2) is 40.9 Å². The van der Waals surface area contributed by atoms with E-state index in [0.717, 1.165) is 15.8 Å². The molecule has 2 nitrogen and oxygen atoms in total. The van der Waals surface area contributed by atoms with Crippen LogP contribution in [0.2, 0.25) is 5.02 Å². The van der Waals surface area contributed by atoms with Crippen LogP contribution < -0.4 is 9.47 Å². The van der Waals surface area contributed by atoms with Gasteiger partial charge in [0, 0.05) is 6.07 Å². The highest BCUT2D eigenvalue weighted by atomic mass is 79.9. The number of ether oxygens (including phenoxy) is 2. The summed E-state index contributed by atoms with van der Waals surface area (Å²) in [6, 6.07) is 9.98. The third kappa shape index (κ3) is 3.61. The zero-order valence-electron chi connectivity index (χ0n) is 10.1. The molecule has 0 aromatic heterocycles. The van der Waals surface area contributed by atoms with Gasteiger partial charge in [0.2, 0.25) is 0 Å². The van der Waals surface area contributed by atoms with E-state index in [1.165, 1.54) is 12.1 Å². The Morgan fingerprint density at radius 2 is 2.00 bits per heavy atom. The van der Waals surface area contributed by atoms with Crippen molar-refractivity contribution in [2.45, 2.75) is 6.61 Å². The minimum atomic E-state index is -0.491. The molecule has 0 amide bonds. The van der Waals surface area contributed by atoms with E-state index < -0.39 is 5.82 Å². The van der Waals surface area contributed by atoms with Crippen LogP contribution in [0.5, 0.6) is 11.5 Å². The lowest BCUT2D eigenvalue weighted by Gasteiger charge is -2.09. The maximum atomic E-state index is 13.2. The normalized spacial score (nSPS) is 10.3. The summed E-state index contributed by atoms with van der Waals surface area (Å²) in [6.45, 7) is 0.337. The number of benzene rings is 2. The van der Waals surface area contributed by atoms with Crippen LogP contribution in [0.1, 0.15) is 5.56 Å². The molecule has 5 heteroatoms. The Bertz CT molecular complexity index is 590. The second kappa shape index (κ2) is 6.26. The molecular formula is C14H11BrClFO2. The number of halogens is 3. The number of rotatable bonds is 4. The third-order valence-corrected chi connectivity index (χ3v) is 3.44. The largest absolute Gasteiger partial charge is 0.496 e. The highest BCUT2D eigenvalue weighted by Crippen LogP contribution is 2.26. The Morgan fingerprint density at radius 1 is 1.21 bits per heavy atom. The van der Waals surface area contributed by atoms with E-state index in [2.05, 4.69) is 15.9 Å². The van der Waals surface area contributed by atoms with Crippen molar-refractivity contribution in [3.8, 4) is 11.5 Å². The van der Waals surface area contributed by atoms with Crippen LogP contribution in [0.3, 0.4) is 0 Å². The summed E-state index contributed by atoms with van der Waals surface area (Å²) in [5.74, 6) is 0.699. The second-order valence-electron chi connectivity index (χ2n) is 3.83. The Balaban J connectivity index is 2.05. The molecule has 0 fully saturated rings. The van der Waals surface area contributed by atoms with Gasteiger partial charge in [-0.15, -0.1) is 0 Å². The summed E-state index contributed by atoms with van der Waals surface area (Å²) in [4.78, 5) is 0. The van der Waals surface area contributed by atoms with Crippen LogP contribution in [-0.4, -0.2) is 7.11 Å². The van der Waals surface area contributed by atoms with Crippen LogP contribution in [0.25, 0.3) is 0 Å². The van der Waals surface area contributed by atoms with Gasteiger partial charge in [-0.25, -0.2) is 4.39 Å². The standard InChI is InChI=1S/C14H11BrClFO2/c1-18-14-5-2-9(6-11(14)15)8-19-10-3-4-12(16)13(17)7-10/h2-7H,8H2,1H3. The first kappa shape index (κ1) is 14.2. The van der Waals surface area contributed by atoms with Crippen molar-refractivity contribution < 1.29 is 13.9 Å². The fourth-order valence-corrected chi connectivity index (χ4v) is 2.24. The molecule has 2 aromatic rings. The third-order valence-electron chi connectivity index (χ3n) is 2.51. The molecule has 100 valence electrons. The topological polar surface area (TPSA) is 18.5 Å². The SMILES string of the molecule is COc1ccc(COc2ccc(Cl)c(F)c2)cc1Br. The first-order valence-corrected chi connectivity index (χ1v) is 6.67. The van der Waals surface area contributed by atoms with Crippen molar-refractivity contribution in [3.63, 3.8) is 0 Å². The summed E-state index contributed by atoms with van der Waals surface area (Å²) < 4.78 is 24.7. The highest BCUT2D eigenvalue weighted by molar-refractivity contribution is 9.10. The molecular weight excluding hydrogens is 335 g/mol. The molecule has 0 aliphatic heterocycles. The van der Waals surface area contributed by atoms with Gasteiger partial charge >= 0.3 is 0 Å². The Hall–Kier alpha value is -1.26. The molecule has 2 rings (SSSR count). The minimum absolute atomic E-state index is 0.0829. The Kier molecular flexibility index (Phi) is 4.66. The maximum Gasteiger partial charge on any atom is 0.145 e. The van der Waals surface area contributed by atoms with Crippen molar-refractivity contribution in [1.29, 1.82) is 0 Å². The fraction of sp³-hybridized carbons (Fsp3) is 0.143. The monoisotopic (exact) mass is 344 g/mol. The molecule has 0 radical (unpaired) electrons. The minimum Gasteiger partial charge on any atom is -0.496 e. The fourth-order valence-electron chi connectivity index (χ4n) is 1.53. The Labute approximate surface area is 124 Å². The summed E-state index contributed by atoms with van der Waals surface area (Å²) in [5, 5.41) is 0.0829. The molecule has 0 atom stereocenters. The van der Waals surface area contributed by atoms with Gasteiger partial charge in [-0.2, -0.15) is 0 Å². The molecule has 0 spiro atoms. The van der Waals surface area contributed by atoms with Crippen LogP contribution in [0, 0.1) is 5.82 Å². The average molecular weight is 346 g/mol. The summed E-state index contributed by atoms with van der Waals surface area (Å²) in [6.07, 6.45) is 0. The zero-order chi connectivity index (χ0) is 13.8. The lowest BCUT2D eigenvalue weighted by atomic mass is 10.2. The molecule has 0 aliphatic carbocycles. The first-order valence-electron chi connectivity index (χ1n) is 5.50. The van der Waals surface area contributed by atoms with Crippen LogP contribution in [-0.2, 0) is 6.61 Å². The highest BCUT2D eigenvalue weighted by Gasteiger charge is 2.04. The molecule has 0 bridgehead atoms. The second-order valence-corrected chi connectivity index (χ2v) is 5.10. The van der Waals surface area contributed by atoms with Gasteiger partial charge in [-0.1, -0.05) is 17.7 Å². The van der Waals surface area contributed by atoms with E-state index in [1.54, 1.807) is 13.2 Å². The predicted molar refractivity (Wildman–Crippen MR) is 76.4 cm³/mol. The summed E-state index contributed by atoms with van der Waals surface area (Å²) >= 11 is 9.00. The number of hydrogen-bond donors (Lipinski definition) is 0. The predicted octanol–water partition coefficient (Wildman–Crippen LogP) is 4.83. The quantitative estimate of drug-likeness (QED) is 0.790. The molecule has 0 saturated carbocycles. The van der Waals surface area contributed by atoms with Gasteiger partial charge in [0.05, 0.1) is 16.6 Å². The van der Waals surface area contributed by atoms with E-state index in [0.29, 0.717) is 12.4 Å². The number of methoxy groups -OCH3 is 1. The van der Waals surface area contributed by atoms with E-state index >= 15 is 0 Å². The van der Waals surface area contributed by atoms with Gasteiger partial charge in [0.25, 0.3) is 0 Å². The molecule has 19 heavy (non-hydrogen) atoms. The Morgan fingerprint density at radius 3 is 2.63 bits per heavy atom. The smallest absolute Gasteiger partial charge is 0.145 e. The van der Waals surface area contributed by atoms with Crippen LogP contribution >= 0.6 is 27.5 Å². The van der Waals surface area contributed by atoms with E-state index in [-0.39, 0.29) is 5.02 Å². The lowest BCUT2D eigenvalue weighted by Crippen LogP contribution is -1.96. The molecule has 0 heterocycles. The lowest BCUT2D eigenvalue weighted by molar-refractivity contribution is 0.304. The summed E-state index contributed by atoms with van der Waals surface area (Å²) in [5.41, 5.74) is 0.947. The van der Waals surface area contributed by atoms with E-state index in [9.17, 15) is 4.39 Å². The van der Waals surface area contributed by atoms with Crippen molar-refractivity contribution >= 4 is 27.5 Å². The van der Waals surface area contributed by atoms with Gasteiger partial charge in [-0.3, -0.25) is 0 Å². The van der Waals surface area contributed by atoms with Crippen LogP contribution in [0.4, 0.5) is 4.39 Å². The van der Waals surface area contributed by atoms with Gasteiger partial charge < -0.3 is 9.47 Å². The van der Waals surface area contributed by atoms with Gasteiger partial charge in [0.1, 0.15) is 23.9 Å². The van der Waals surface area contributed by atoms with E-state index in [4.69, 9.17) is 21.1 Å². The number of hydrogen-bond acceptors (Lipinski definition) is 2. The molecule has 2 aromatic carbocycles. The van der Waals surface area contributed by atoms with E-state index in [1.807, 2.05) is 18.2 Å².